The number of rotatable bonds is 3. The minimum atomic E-state index is -0.270. The third-order valence-corrected chi connectivity index (χ3v) is 3.25. The van der Waals surface area contributed by atoms with Gasteiger partial charge in [-0.15, -0.1) is 0 Å². The molecular weight excluding hydrogens is 245 g/mol. The fourth-order valence-corrected chi connectivity index (χ4v) is 2.27. The number of ether oxygens (including phenoxy) is 1. The molecule has 1 aromatic rings. The zero-order chi connectivity index (χ0) is 13.8. The van der Waals surface area contributed by atoms with E-state index < -0.39 is 0 Å². The topological polar surface area (TPSA) is 29.5 Å². The normalized spacial score (nSPS) is 16.6. The lowest BCUT2D eigenvalue weighted by Crippen LogP contribution is -2.31. The Labute approximate surface area is 112 Å². The lowest BCUT2D eigenvalue weighted by atomic mass is 9.93. The van der Waals surface area contributed by atoms with Crippen LogP contribution in [0.4, 0.5) is 4.39 Å². The van der Waals surface area contributed by atoms with E-state index in [0.717, 1.165) is 24.1 Å². The molecule has 3 nitrogen and oxygen atoms in total. The van der Waals surface area contributed by atoms with Gasteiger partial charge in [0.15, 0.2) is 0 Å². The molecule has 0 atom stereocenters. The number of nitrogens with zero attached hydrogens (tertiary/aromatic N) is 1. The predicted octanol–water partition coefficient (Wildman–Crippen LogP) is 2.48. The smallest absolute Gasteiger partial charge is 0.335 e. The van der Waals surface area contributed by atoms with Crippen molar-refractivity contribution in [2.24, 2.45) is 0 Å². The molecule has 1 aliphatic heterocycles. The third-order valence-electron chi connectivity index (χ3n) is 3.25. The highest BCUT2D eigenvalue weighted by molar-refractivity contribution is 5.98. The quantitative estimate of drug-likeness (QED) is 0.785. The minimum absolute atomic E-state index is 0.269. The van der Waals surface area contributed by atoms with Gasteiger partial charge in [0.1, 0.15) is 5.82 Å². The van der Waals surface area contributed by atoms with Crippen LogP contribution in [0.25, 0.3) is 5.57 Å². The molecule has 0 bridgehead atoms. The van der Waals surface area contributed by atoms with Crippen molar-refractivity contribution in [3.05, 3.63) is 41.2 Å². The first-order valence-electron chi connectivity index (χ1n) is 6.45. The molecule has 0 amide bonds. The van der Waals surface area contributed by atoms with Gasteiger partial charge in [0.25, 0.3) is 0 Å². The van der Waals surface area contributed by atoms with Crippen LogP contribution in [0.5, 0.6) is 0 Å². The molecule has 102 valence electrons. The van der Waals surface area contributed by atoms with Crippen molar-refractivity contribution in [1.82, 2.24) is 4.90 Å². The fourth-order valence-electron chi connectivity index (χ4n) is 2.27. The predicted molar refractivity (Wildman–Crippen MR) is 72.1 cm³/mol. The molecular formula is C15H18FNO2. The van der Waals surface area contributed by atoms with Crippen molar-refractivity contribution in [3.8, 4) is 0 Å². The third kappa shape index (κ3) is 3.20. The van der Waals surface area contributed by atoms with Gasteiger partial charge >= 0.3 is 5.97 Å². The highest BCUT2D eigenvalue weighted by Gasteiger charge is 2.23. The second kappa shape index (κ2) is 5.97. The number of carbonyl (C=O) groups excluding carboxylic acids is 1. The summed E-state index contributed by atoms with van der Waals surface area (Å²) in [6.45, 7) is 3.62. The van der Waals surface area contributed by atoms with E-state index in [1.165, 1.54) is 12.1 Å². The number of halogens is 1. The van der Waals surface area contributed by atoms with Gasteiger partial charge in [-0.05, 0) is 43.7 Å². The number of esters is 1. The second-order valence-corrected chi connectivity index (χ2v) is 4.67. The summed E-state index contributed by atoms with van der Waals surface area (Å²) in [6, 6.07) is 6.28. The Hall–Kier alpha value is -1.68. The van der Waals surface area contributed by atoms with Crippen LogP contribution in [0.15, 0.2) is 29.8 Å². The van der Waals surface area contributed by atoms with Gasteiger partial charge in [0, 0.05) is 13.1 Å². The van der Waals surface area contributed by atoms with Crippen LogP contribution in [0.3, 0.4) is 0 Å². The van der Waals surface area contributed by atoms with E-state index in [4.69, 9.17) is 4.74 Å². The summed E-state index contributed by atoms with van der Waals surface area (Å²) in [7, 11) is 1.97. The maximum absolute atomic E-state index is 13.0. The van der Waals surface area contributed by atoms with E-state index in [0.29, 0.717) is 18.7 Å². The Morgan fingerprint density at radius 2 is 2.05 bits per heavy atom. The summed E-state index contributed by atoms with van der Waals surface area (Å²) in [4.78, 5) is 14.1. The number of hydrogen-bond acceptors (Lipinski definition) is 3. The van der Waals surface area contributed by atoms with Crippen LogP contribution in [0.1, 0.15) is 18.9 Å². The molecule has 0 unspecified atom stereocenters. The van der Waals surface area contributed by atoms with Crippen LogP contribution in [-0.2, 0) is 9.53 Å². The monoisotopic (exact) mass is 263 g/mol. The average molecular weight is 263 g/mol. The van der Waals surface area contributed by atoms with Gasteiger partial charge in [0.2, 0.25) is 0 Å². The summed E-state index contributed by atoms with van der Waals surface area (Å²) >= 11 is 0. The SMILES string of the molecule is CCOC(=O)C1=C(c2ccc(F)cc2)CCN(C)C1. The van der Waals surface area contributed by atoms with Crippen LogP contribution in [0.2, 0.25) is 0 Å². The van der Waals surface area contributed by atoms with E-state index in [1.807, 2.05) is 7.05 Å². The average Bonchev–Trinajstić information content (AvgIpc) is 2.40. The zero-order valence-electron chi connectivity index (χ0n) is 11.3. The molecule has 0 spiro atoms. The molecule has 0 radical (unpaired) electrons. The first-order valence-corrected chi connectivity index (χ1v) is 6.45. The molecule has 1 aliphatic rings. The molecule has 0 fully saturated rings. The van der Waals surface area contributed by atoms with Crippen LogP contribution >= 0.6 is 0 Å². The maximum atomic E-state index is 13.0. The van der Waals surface area contributed by atoms with Crippen LogP contribution in [-0.4, -0.2) is 37.6 Å². The highest BCUT2D eigenvalue weighted by atomic mass is 19.1. The largest absolute Gasteiger partial charge is 0.463 e. The molecule has 0 saturated carbocycles. The minimum Gasteiger partial charge on any atom is -0.463 e. The zero-order valence-corrected chi connectivity index (χ0v) is 11.3. The van der Waals surface area contributed by atoms with E-state index >= 15 is 0 Å². The molecule has 0 aromatic heterocycles. The Balaban J connectivity index is 2.38. The van der Waals surface area contributed by atoms with Gasteiger partial charge < -0.3 is 9.64 Å². The number of benzene rings is 1. The molecule has 0 N–H and O–H groups in total. The Bertz CT molecular complexity index is 493. The molecule has 0 aliphatic carbocycles. The van der Waals surface area contributed by atoms with Gasteiger partial charge in [-0.1, -0.05) is 12.1 Å². The van der Waals surface area contributed by atoms with Gasteiger partial charge in [-0.2, -0.15) is 0 Å². The first-order chi connectivity index (χ1) is 9.11. The summed E-state index contributed by atoms with van der Waals surface area (Å²) in [5, 5.41) is 0. The Morgan fingerprint density at radius 3 is 2.68 bits per heavy atom. The summed E-state index contributed by atoms with van der Waals surface area (Å²) in [5.41, 5.74) is 2.55. The van der Waals surface area contributed by atoms with Gasteiger partial charge in [-0.25, -0.2) is 9.18 Å². The van der Waals surface area contributed by atoms with E-state index in [1.54, 1.807) is 19.1 Å². The number of likely N-dealkylation sites (N-methyl/N-ethyl adjacent to an activating group) is 1. The molecule has 1 aromatic carbocycles. The van der Waals surface area contributed by atoms with Crippen molar-refractivity contribution >= 4 is 11.5 Å². The lowest BCUT2D eigenvalue weighted by Gasteiger charge is -2.27. The highest BCUT2D eigenvalue weighted by Crippen LogP contribution is 2.27. The van der Waals surface area contributed by atoms with Crippen molar-refractivity contribution in [3.63, 3.8) is 0 Å². The standard InChI is InChI=1S/C15H18FNO2/c1-3-19-15(18)14-10-17(2)9-8-13(14)11-4-6-12(16)7-5-11/h4-7H,3,8-10H2,1-2H3. The second-order valence-electron chi connectivity index (χ2n) is 4.67. The Kier molecular flexibility index (Phi) is 4.32. The molecule has 0 saturated heterocycles. The van der Waals surface area contributed by atoms with E-state index in [9.17, 15) is 9.18 Å². The summed E-state index contributed by atoms with van der Waals surface area (Å²) in [6.07, 6.45) is 0.774. The van der Waals surface area contributed by atoms with Gasteiger partial charge in [0.05, 0.1) is 12.2 Å². The van der Waals surface area contributed by atoms with Crippen molar-refractivity contribution in [2.45, 2.75) is 13.3 Å². The maximum Gasteiger partial charge on any atom is 0.335 e. The number of carbonyl (C=O) groups is 1. The molecule has 19 heavy (non-hydrogen) atoms. The first kappa shape index (κ1) is 13.7. The van der Waals surface area contributed by atoms with E-state index in [-0.39, 0.29) is 11.8 Å². The van der Waals surface area contributed by atoms with Crippen LogP contribution < -0.4 is 0 Å². The summed E-state index contributed by atoms with van der Waals surface area (Å²) in [5.74, 6) is -0.539. The number of hydrogen-bond donors (Lipinski definition) is 0. The molecule has 1 heterocycles. The van der Waals surface area contributed by atoms with Gasteiger partial charge in [-0.3, -0.25) is 0 Å². The fraction of sp³-hybridized carbons (Fsp3) is 0.400. The Morgan fingerprint density at radius 1 is 1.37 bits per heavy atom. The molecule has 4 heteroatoms. The van der Waals surface area contributed by atoms with Crippen LogP contribution in [0, 0.1) is 5.82 Å². The van der Waals surface area contributed by atoms with Crippen molar-refractivity contribution < 1.29 is 13.9 Å². The van der Waals surface area contributed by atoms with Crippen molar-refractivity contribution in [2.75, 3.05) is 26.7 Å². The van der Waals surface area contributed by atoms with E-state index in [2.05, 4.69) is 4.90 Å². The van der Waals surface area contributed by atoms with Crippen molar-refractivity contribution in [1.29, 1.82) is 0 Å². The summed E-state index contributed by atoms with van der Waals surface area (Å²) < 4.78 is 18.1. The molecule has 2 rings (SSSR count). The lowest BCUT2D eigenvalue weighted by molar-refractivity contribution is -0.138.